The van der Waals surface area contributed by atoms with Crippen molar-refractivity contribution >= 4 is 21.7 Å². The van der Waals surface area contributed by atoms with Crippen molar-refractivity contribution in [1.82, 2.24) is 0 Å². The largest absolute Gasteiger partial charge is 0.450 e. The first kappa shape index (κ1) is 20.5. The zero-order valence-electron chi connectivity index (χ0n) is 19.8. The molecule has 0 bridgehead atoms. The molecule has 0 amide bonds. The van der Waals surface area contributed by atoms with Gasteiger partial charge in [0.15, 0.2) is 5.75 Å². The molecular weight excluding hydrogens is 392 g/mol. The number of aryl methyl sites for hydroxylation is 2. The Labute approximate surface area is 190 Å². The normalized spacial score (nSPS) is 12.5. The smallest absolute Gasteiger partial charge is 0.256 e. The fourth-order valence-corrected chi connectivity index (χ4v) is 5.15. The van der Waals surface area contributed by atoms with Crippen molar-refractivity contribution in [2.24, 2.45) is 12.5 Å². The van der Waals surface area contributed by atoms with Gasteiger partial charge >= 0.3 is 0 Å². The van der Waals surface area contributed by atoms with Crippen molar-refractivity contribution in [2.45, 2.75) is 47.6 Å². The summed E-state index contributed by atoms with van der Waals surface area (Å²) in [5, 5.41) is 3.53. The zero-order chi connectivity index (χ0) is 22.8. The van der Waals surface area contributed by atoms with Crippen LogP contribution < -0.4 is 9.30 Å². The fraction of sp³-hybridized carbons (Fsp3) is 0.310. The molecule has 160 valence electrons. The van der Waals surface area contributed by atoms with Gasteiger partial charge in [0.1, 0.15) is 12.8 Å². The average molecular weight is 422 g/mol. The van der Waals surface area contributed by atoms with Gasteiger partial charge in [0.2, 0.25) is 12.1 Å². The molecule has 0 aliphatic carbocycles. The van der Waals surface area contributed by atoms with E-state index in [4.69, 9.17) is 11.3 Å². The third-order valence-electron chi connectivity index (χ3n) is 6.60. The van der Waals surface area contributed by atoms with Gasteiger partial charge in [-0.05, 0) is 53.8 Å². The van der Waals surface area contributed by atoms with Crippen molar-refractivity contribution in [3.05, 3.63) is 76.1 Å². The van der Waals surface area contributed by atoms with Crippen LogP contribution in [0.4, 0.5) is 0 Å². The predicted molar refractivity (Wildman–Crippen MR) is 131 cm³/mol. The maximum Gasteiger partial charge on any atom is 0.256 e. The van der Waals surface area contributed by atoms with E-state index in [9.17, 15) is 0 Å². The second-order valence-corrected chi connectivity index (χ2v) is 10.3. The maximum absolute atomic E-state index is 7.36. The number of benzene rings is 3. The lowest BCUT2D eigenvalue weighted by molar-refractivity contribution is -0.633. The van der Waals surface area contributed by atoms with Gasteiger partial charge in [-0.2, -0.15) is 4.57 Å². The standard InChI is InChI=1S/C29H29N2O/c1-17-11-21-12-19(15-29(3,4)5)13-24-27(21)26(18(17)2)28-25(32-24)14-22-20(16-30-6)9-8-10-23(22)31(28)7/h8-14H,15-16H2,1-5,7H3/q+1. The minimum atomic E-state index is 0.201. The predicted octanol–water partition coefficient (Wildman–Crippen LogP) is 7.21. The van der Waals surface area contributed by atoms with E-state index in [-0.39, 0.29) is 5.41 Å². The monoisotopic (exact) mass is 421 g/mol. The van der Waals surface area contributed by atoms with Gasteiger partial charge in [-0.3, -0.25) is 0 Å². The van der Waals surface area contributed by atoms with Crippen LogP contribution in [0.3, 0.4) is 0 Å². The van der Waals surface area contributed by atoms with Gasteiger partial charge in [-0.25, -0.2) is 6.57 Å². The van der Waals surface area contributed by atoms with Gasteiger partial charge in [-0.15, -0.1) is 0 Å². The van der Waals surface area contributed by atoms with Gasteiger partial charge in [-0.1, -0.05) is 45.0 Å². The fourth-order valence-electron chi connectivity index (χ4n) is 5.15. The molecule has 1 aromatic heterocycles. The Bertz CT molecular complexity index is 1470. The Morgan fingerprint density at radius 3 is 2.53 bits per heavy atom. The number of rotatable bonds is 2. The molecule has 32 heavy (non-hydrogen) atoms. The lowest BCUT2D eigenvalue weighted by Crippen LogP contribution is -2.33. The van der Waals surface area contributed by atoms with E-state index in [2.05, 4.69) is 81.4 Å². The van der Waals surface area contributed by atoms with Crippen LogP contribution in [0.25, 0.3) is 37.8 Å². The number of hydrogen-bond donors (Lipinski definition) is 0. The Balaban J connectivity index is 1.87. The molecule has 1 aliphatic rings. The molecule has 0 saturated heterocycles. The van der Waals surface area contributed by atoms with Crippen molar-refractivity contribution < 1.29 is 9.30 Å². The number of fused-ring (bicyclic) bond motifs is 3. The van der Waals surface area contributed by atoms with Crippen LogP contribution >= 0.6 is 0 Å². The number of pyridine rings is 1. The summed E-state index contributed by atoms with van der Waals surface area (Å²) in [6.07, 6.45) is 0.995. The highest BCUT2D eigenvalue weighted by atomic mass is 16.5. The summed E-state index contributed by atoms with van der Waals surface area (Å²) in [4.78, 5) is 3.64. The molecule has 2 heterocycles. The van der Waals surface area contributed by atoms with Gasteiger partial charge in [0.05, 0.1) is 10.9 Å². The lowest BCUT2D eigenvalue weighted by Gasteiger charge is -2.25. The van der Waals surface area contributed by atoms with E-state index in [0.29, 0.717) is 6.54 Å². The van der Waals surface area contributed by atoms with Crippen LogP contribution in [0.15, 0.2) is 42.5 Å². The molecule has 0 spiro atoms. The first-order valence-electron chi connectivity index (χ1n) is 11.2. The molecule has 0 N–H and O–H groups in total. The van der Waals surface area contributed by atoms with Crippen molar-refractivity contribution in [3.8, 4) is 22.8 Å². The van der Waals surface area contributed by atoms with Crippen LogP contribution in [-0.4, -0.2) is 0 Å². The maximum atomic E-state index is 7.36. The SMILES string of the molecule is [C-]#[N+]Cc1cccc2c1cc1c([n+]2C)-c2c(C)c(C)cc3cc(CC(C)(C)C)cc(c23)O1. The minimum absolute atomic E-state index is 0.201. The molecule has 3 heteroatoms. The van der Waals surface area contributed by atoms with Crippen LogP contribution in [0.5, 0.6) is 11.5 Å². The van der Waals surface area contributed by atoms with Crippen LogP contribution in [0.2, 0.25) is 0 Å². The summed E-state index contributed by atoms with van der Waals surface area (Å²) in [6.45, 7) is 19.0. The molecule has 0 fully saturated rings. The van der Waals surface area contributed by atoms with Crippen molar-refractivity contribution in [2.75, 3.05) is 0 Å². The summed E-state index contributed by atoms with van der Waals surface area (Å²) in [6, 6.07) is 15.2. The van der Waals surface area contributed by atoms with E-state index in [1.165, 1.54) is 33.0 Å². The molecule has 5 rings (SSSR count). The Morgan fingerprint density at radius 2 is 1.81 bits per heavy atom. The van der Waals surface area contributed by atoms with E-state index in [0.717, 1.165) is 40.1 Å². The van der Waals surface area contributed by atoms with Crippen LogP contribution in [-0.2, 0) is 20.0 Å². The van der Waals surface area contributed by atoms with Crippen LogP contribution in [0, 0.1) is 25.8 Å². The van der Waals surface area contributed by atoms with E-state index < -0.39 is 0 Å². The lowest BCUT2D eigenvalue weighted by atomic mass is 9.85. The van der Waals surface area contributed by atoms with Crippen LogP contribution in [0.1, 0.15) is 43.0 Å². The minimum Gasteiger partial charge on any atom is -0.450 e. The van der Waals surface area contributed by atoms with E-state index in [1.807, 2.05) is 12.1 Å². The second-order valence-electron chi connectivity index (χ2n) is 10.3. The van der Waals surface area contributed by atoms with Gasteiger partial charge < -0.3 is 9.58 Å². The Hall–Kier alpha value is -3.38. The summed E-state index contributed by atoms with van der Waals surface area (Å²) < 4.78 is 8.86. The third-order valence-corrected chi connectivity index (χ3v) is 6.60. The number of aromatic nitrogens is 1. The molecule has 4 aromatic rings. The molecule has 3 nitrogen and oxygen atoms in total. The first-order chi connectivity index (χ1) is 15.2. The summed E-state index contributed by atoms with van der Waals surface area (Å²) in [7, 11) is 2.11. The third kappa shape index (κ3) is 3.14. The molecule has 1 aliphatic heterocycles. The Kier molecular flexibility index (Phi) is 4.53. The highest BCUT2D eigenvalue weighted by molar-refractivity contribution is 6.05. The number of hydrogen-bond acceptors (Lipinski definition) is 1. The van der Waals surface area contributed by atoms with Crippen molar-refractivity contribution in [1.29, 1.82) is 0 Å². The second kappa shape index (κ2) is 7.07. The highest BCUT2D eigenvalue weighted by Gasteiger charge is 2.32. The molecule has 0 radical (unpaired) electrons. The summed E-state index contributed by atoms with van der Waals surface area (Å²) in [5.74, 6) is 1.81. The first-order valence-corrected chi connectivity index (χ1v) is 11.2. The number of ether oxygens (including phenoxy) is 1. The summed E-state index contributed by atoms with van der Waals surface area (Å²) in [5.41, 5.74) is 8.62. The highest BCUT2D eigenvalue weighted by Crippen LogP contribution is 2.49. The molecule has 3 aromatic carbocycles. The van der Waals surface area contributed by atoms with Gasteiger partial charge in [0.25, 0.3) is 5.69 Å². The molecule has 0 atom stereocenters. The van der Waals surface area contributed by atoms with E-state index in [1.54, 1.807) is 0 Å². The quantitative estimate of drug-likeness (QED) is 0.217. The Morgan fingerprint density at radius 1 is 1.03 bits per heavy atom. The average Bonchev–Trinajstić information content (AvgIpc) is 2.70. The molecule has 0 saturated carbocycles. The van der Waals surface area contributed by atoms with Gasteiger partial charge in [0, 0.05) is 23.1 Å². The number of nitrogens with zero attached hydrogens (tertiary/aromatic N) is 2. The molecule has 0 unspecified atom stereocenters. The van der Waals surface area contributed by atoms with E-state index >= 15 is 0 Å². The molecular formula is C29H29N2O+. The summed E-state index contributed by atoms with van der Waals surface area (Å²) >= 11 is 0. The topological polar surface area (TPSA) is 17.5 Å². The van der Waals surface area contributed by atoms with Crippen molar-refractivity contribution in [3.63, 3.8) is 0 Å². The zero-order valence-corrected chi connectivity index (χ0v) is 19.8.